The van der Waals surface area contributed by atoms with Crippen LogP contribution in [0.15, 0.2) is 66.2 Å². The summed E-state index contributed by atoms with van der Waals surface area (Å²) in [4.78, 5) is 27.9. The number of Topliss-reactive ketones (excluding diaryl/α,β-unsaturated/α-hetero) is 1. The van der Waals surface area contributed by atoms with Crippen LogP contribution in [0.5, 0.6) is 11.5 Å². The molecule has 0 spiro atoms. The molecule has 0 bridgehead atoms. The van der Waals surface area contributed by atoms with Gasteiger partial charge < -0.3 is 14.6 Å². The maximum atomic E-state index is 13.3. The second kappa shape index (κ2) is 9.41. The van der Waals surface area contributed by atoms with Crippen LogP contribution in [-0.4, -0.2) is 31.0 Å². The highest BCUT2D eigenvalue weighted by atomic mass is 35.5. The summed E-state index contributed by atoms with van der Waals surface area (Å²) < 4.78 is 10.6. The maximum Gasteiger partial charge on any atom is 0.300 e. The molecule has 1 aliphatic rings. The Balaban J connectivity index is 1.98. The number of benzene rings is 3. The van der Waals surface area contributed by atoms with Crippen molar-refractivity contribution < 1.29 is 24.2 Å². The third-order valence-corrected chi connectivity index (χ3v) is 6.15. The van der Waals surface area contributed by atoms with Gasteiger partial charge in [-0.15, -0.1) is 0 Å². The number of aryl methyl sites for hydroxylation is 1. The van der Waals surface area contributed by atoms with E-state index in [9.17, 15) is 14.7 Å². The van der Waals surface area contributed by atoms with E-state index in [0.717, 1.165) is 5.56 Å². The van der Waals surface area contributed by atoms with Gasteiger partial charge in [0.1, 0.15) is 5.76 Å². The topological polar surface area (TPSA) is 76.1 Å². The molecule has 1 aliphatic heterocycles. The summed E-state index contributed by atoms with van der Waals surface area (Å²) in [7, 11) is 2.97. The fourth-order valence-electron chi connectivity index (χ4n) is 4.10. The van der Waals surface area contributed by atoms with E-state index >= 15 is 0 Å². The first-order valence-corrected chi connectivity index (χ1v) is 11.1. The van der Waals surface area contributed by atoms with Gasteiger partial charge in [0.05, 0.1) is 25.8 Å². The van der Waals surface area contributed by atoms with E-state index in [1.165, 1.54) is 25.2 Å². The summed E-state index contributed by atoms with van der Waals surface area (Å²) in [6.45, 7) is 1.87. The average molecular weight is 498 g/mol. The number of ketones is 1. The maximum absolute atomic E-state index is 13.3. The van der Waals surface area contributed by atoms with Crippen molar-refractivity contribution in [3.63, 3.8) is 0 Å². The van der Waals surface area contributed by atoms with Crippen molar-refractivity contribution in [2.45, 2.75) is 13.0 Å². The molecule has 6 nitrogen and oxygen atoms in total. The highest BCUT2D eigenvalue weighted by molar-refractivity contribution is 6.52. The van der Waals surface area contributed by atoms with Crippen LogP contribution in [0, 0.1) is 6.92 Å². The van der Waals surface area contributed by atoms with Gasteiger partial charge in [-0.25, -0.2) is 0 Å². The quantitative estimate of drug-likeness (QED) is 0.268. The molecule has 1 heterocycles. The van der Waals surface area contributed by atoms with E-state index in [0.29, 0.717) is 38.4 Å². The van der Waals surface area contributed by atoms with Crippen LogP contribution < -0.4 is 14.4 Å². The standard InChI is InChI=1S/C26H21Cl2NO5/c1-14-6-4-5-7-19(14)23-22(24(30)15-8-9-20(33-2)21(10-15)34-3)25(31)26(32)29(23)18-12-16(27)11-17(28)13-18/h4-13,23,30H,1-3H3/b24-22+. The second-order valence-corrected chi connectivity index (χ2v) is 8.60. The molecule has 1 fully saturated rings. The molecule has 0 saturated carbocycles. The number of halogens is 2. The van der Waals surface area contributed by atoms with Gasteiger partial charge in [-0.3, -0.25) is 14.5 Å². The summed E-state index contributed by atoms with van der Waals surface area (Å²) >= 11 is 12.4. The van der Waals surface area contributed by atoms with E-state index in [-0.39, 0.29) is 11.3 Å². The summed E-state index contributed by atoms with van der Waals surface area (Å²) in [5.41, 5.74) is 2.12. The number of anilines is 1. The van der Waals surface area contributed by atoms with Gasteiger partial charge in [-0.1, -0.05) is 47.5 Å². The summed E-state index contributed by atoms with van der Waals surface area (Å²) in [5, 5.41) is 11.9. The number of nitrogens with zero attached hydrogens (tertiary/aromatic N) is 1. The van der Waals surface area contributed by atoms with Crippen molar-refractivity contribution in [3.05, 3.63) is 93.0 Å². The number of aliphatic hydroxyl groups is 1. The molecule has 3 aromatic rings. The van der Waals surface area contributed by atoms with Gasteiger partial charge in [-0.2, -0.15) is 0 Å². The Labute approximate surface area is 206 Å². The lowest BCUT2D eigenvalue weighted by Gasteiger charge is -2.27. The van der Waals surface area contributed by atoms with Gasteiger partial charge in [0.2, 0.25) is 0 Å². The molecule has 0 radical (unpaired) electrons. The Kier molecular flexibility index (Phi) is 6.55. The first-order chi connectivity index (χ1) is 16.3. The predicted molar refractivity (Wildman–Crippen MR) is 132 cm³/mol. The number of hydrogen-bond donors (Lipinski definition) is 1. The zero-order valence-corrected chi connectivity index (χ0v) is 20.1. The lowest BCUT2D eigenvalue weighted by molar-refractivity contribution is -0.132. The van der Waals surface area contributed by atoms with Crippen LogP contribution in [0.2, 0.25) is 10.0 Å². The molecule has 1 unspecified atom stereocenters. The van der Waals surface area contributed by atoms with Crippen LogP contribution in [-0.2, 0) is 9.59 Å². The predicted octanol–water partition coefficient (Wildman–Crippen LogP) is 5.95. The molecule has 34 heavy (non-hydrogen) atoms. The number of hydrogen-bond acceptors (Lipinski definition) is 5. The molecule has 0 aliphatic carbocycles. The summed E-state index contributed by atoms with van der Waals surface area (Å²) in [6, 6.07) is 15.9. The minimum atomic E-state index is -0.899. The number of ether oxygens (including phenoxy) is 2. The molecule has 174 valence electrons. The minimum Gasteiger partial charge on any atom is -0.507 e. The number of carbonyl (C=O) groups is 2. The average Bonchev–Trinajstić information content (AvgIpc) is 3.08. The Bertz CT molecular complexity index is 1310. The number of amides is 1. The molecule has 1 atom stereocenters. The largest absolute Gasteiger partial charge is 0.507 e. The van der Waals surface area contributed by atoms with Crippen LogP contribution >= 0.6 is 23.2 Å². The monoisotopic (exact) mass is 497 g/mol. The highest BCUT2D eigenvalue weighted by Crippen LogP contribution is 2.44. The fraction of sp³-hybridized carbons (Fsp3) is 0.154. The van der Waals surface area contributed by atoms with Crippen LogP contribution in [0.25, 0.3) is 5.76 Å². The minimum absolute atomic E-state index is 0.0531. The van der Waals surface area contributed by atoms with Crippen molar-refractivity contribution in [3.8, 4) is 11.5 Å². The molecule has 8 heteroatoms. The van der Waals surface area contributed by atoms with E-state index in [1.54, 1.807) is 30.3 Å². The van der Waals surface area contributed by atoms with Crippen molar-refractivity contribution >= 4 is 46.3 Å². The zero-order chi connectivity index (χ0) is 24.6. The van der Waals surface area contributed by atoms with Crippen molar-refractivity contribution in [2.24, 2.45) is 0 Å². The number of methoxy groups -OCH3 is 2. The molecule has 0 aromatic heterocycles. The van der Waals surface area contributed by atoms with E-state index in [2.05, 4.69) is 0 Å². The first kappa shape index (κ1) is 23.7. The Hall–Kier alpha value is -3.48. The Morgan fingerprint density at radius 3 is 2.18 bits per heavy atom. The molecule has 1 N–H and O–H groups in total. The van der Waals surface area contributed by atoms with Crippen LogP contribution in [0.4, 0.5) is 5.69 Å². The van der Waals surface area contributed by atoms with Crippen LogP contribution in [0.3, 0.4) is 0 Å². The second-order valence-electron chi connectivity index (χ2n) is 7.72. The van der Waals surface area contributed by atoms with E-state index < -0.39 is 17.7 Å². The highest BCUT2D eigenvalue weighted by Gasteiger charge is 2.47. The van der Waals surface area contributed by atoms with Gasteiger partial charge in [-0.05, 0) is 54.4 Å². The molecular weight excluding hydrogens is 477 g/mol. The van der Waals surface area contributed by atoms with Crippen molar-refractivity contribution in [1.29, 1.82) is 0 Å². The number of aliphatic hydroxyl groups excluding tert-OH is 1. The number of rotatable bonds is 5. The summed E-state index contributed by atoms with van der Waals surface area (Å²) in [5.74, 6) is -1.12. The lowest BCUT2D eigenvalue weighted by atomic mass is 9.92. The lowest BCUT2D eigenvalue weighted by Crippen LogP contribution is -2.29. The zero-order valence-electron chi connectivity index (χ0n) is 18.6. The van der Waals surface area contributed by atoms with E-state index in [4.69, 9.17) is 32.7 Å². The van der Waals surface area contributed by atoms with Crippen molar-refractivity contribution in [2.75, 3.05) is 19.1 Å². The Morgan fingerprint density at radius 2 is 1.56 bits per heavy atom. The SMILES string of the molecule is COc1ccc(/C(O)=C2\C(=O)C(=O)N(c3cc(Cl)cc(Cl)c3)C2c2ccccc2C)cc1OC. The molecule has 1 amide bonds. The van der Waals surface area contributed by atoms with Gasteiger partial charge >= 0.3 is 0 Å². The smallest absolute Gasteiger partial charge is 0.300 e. The Morgan fingerprint density at radius 1 is 0.912 bits per heavy atom. The first-order valence-electron chi connectivity index (χ1n) is 10.3. The van der Waals surface area contributed by atoms with Gasteiger partial charge in [0.25, 0.3) is 11.7 Å². The summed E-state index contributed by atoms with van der Waals surface area (Å²) in [6.07, 6.45) is 0. The molecule has 4 rings (SSSR count). The normalized spacial score (nSPS) is 17.2. The van der Waals surface area contributed by atoms with Gasteiger partial charge in [0, 0.05) is 21.3 Å². The third-order valence-electron chi connectivity index (χ3n) is 5.71. The van der Waals surface area contributed by atoms with Crippen LogP contribution in [0.1, 0.15) is 22.7 Å². The van der Waals surface area contributed by atoms with E-state index in [1.807, 2.05) is 31.2 Å². The molecule has 1 saturated heterocycles. The molecular formula is C26H21Cl2NO5. The third kappa shape index (κ3) is 4.11. The molecule has 3 aromatic carbocycles. The fourth-order valence-corrected chi connectivity index (χ4v) is 4.62. The van der Waals surface area contributed by atoms with Crippen molar-refractivity contribution in [1.82, 2.24) is 0 Å². The van der Waals surface area contributed by atoms with Gasteiger partial charge in [0.15, 0.2) is 11.5 Å². The number of carbonyl (C=O) groups excluding carboxylic acids is 2.